The first kappa shape index (κ1) is 35.1. The highest BCUT2D eigenvalue weighted by atomic mass is 32.1. The average molecular weight is 789 g/mol. The van der Waals surface area contributed by atoms with Crippen LogP contribution in [0.1, 0.15) is 0 Å². The highest BCUT2D eigenvalue weighted by Crippen LogP contribution is 2.45. The predicted octanol–water partition coefficient (Wildman–Crippen LogP) is 16.5. The molecule has 2 heterocycles. The number of fused-ring (bicyclic) bond motifs is 4. The molecule has 0 atom stereocenters. The van der Waals surface area contributed by atoms with Gasteiger partial charge in [0.25, 0.3) is 0 Å². The van der Waals surface area contributed by atoms with Gasteiger partial charge in [-0.25, -0.2) is 4.98 Å². The molecule has 0 unspecified atom stereocenters. The van der Waals surface area contributed by atoms with E-state index in [-0.39, 0.29) is 0 Å². The lowest BCUT2D eigenvalue weighted by Gasteiger charge is -2.27. The first-order valence-electron chi connectivity index (χ1n) is 19.9. The van der Waals surface area contributed by atoms with Gasteiger partial charge in [0.15, 0.2) is 0 Å². The molecule has 0 spiro atoms. The maximum atomic E-state index is 5.09. The number of nitrogens with zero attached hydrogens (tertiary/aromatic N) is 2. The molecule has 0 fully saturated rings. The van der Waals surface area contributed by atoms with E-state index >= 15 is 0 Å². The number of aromatic nitrogens is 1. The van der Waals surface area contributed by atoms with Crippen LogP contribution in [0, 0.1) is 0 Å². The maximum Gasteiger partial charge on any atom is 0.124 e. The standard InChI is InChI=1S/C55H36N2S2/c1-5-14-37(15-6-1)39-24-27-44(28-25-39)57(45-23-13-22-42(32-45)38-16-7-2-8-17-38)46-29-30-47(48(34-46)40-18-9-3-10-19-40)43-26-31-52-49(33-43)50-35-51-54(36-53(50)58-52)59-55(56-51)41-20-11-4-12-21-41/h1-36H. The first-order valence-corrected chi connectivity index (χ1v) is 21.5. The van der Waals surface area contributed by atoms with Crippen molar-refractivity contribution in [2.45, 2.75) is 0 Å². The summed E-state index contributed by atoms with van der Waals surface area (Å²) in [4.78, 5) is 7.48. The topological polar surface area (TPSA) is 16.1 Å². The largest absolute Gasteiger partial charge is 0.310 e. The van der Waals surface area contributed by atoms with Crippen molar-refractivity contribution in [2.75, 3.05) is 4.90 Å². The zero-order chi connectivity index (χ0) is 39.1. The summed E-state index contributed by atoms with van der Waals surface area (Å²) in [5.41, 5.74) is 15.0. The van der Waals surface area contributed by atoms with Gasteiger partial charge in [0.1, 0.15) is 5.01 Å². The number of thiophene rings is 1. The third kappa shape index (κ3) is 6.69. The second-order valence-corrected chi connectivity index (χ2v) is 16.9. The highest BCUT2D eigenvalue weighted by Gasteiger charge is 2.19. The fourth-order valence-corrected chi connectivity index (χ4v) is 10.4. The quantitative estimate of drug-likeness (QED) is 0.152. The van der Waals surface area contributed by atoms with E-state index in [4.69, 9.17) is 4.98 Å². The van der Waals surface area contributed by atoms with E-state index in [2.05, 4.69) is 223 Å². The van der Waals surface area contributed by atoms with Crippen molar-refractivity contribution in [1.82, 2.24) is 4.98 Å². The van der Waals surface area contributed by atoms with Crippen molar-refractivity contribution >= 4 is 70.1 Å². The summed E-state index contributed by atoms with van der Waals surface area (Å²) in [6.07, 6.45) is 0. The molecule has 59 heavy (non-hydrogen) atoms. The van der Waals surface area contributed by atoms with Gasteiger partial charge in [-0.2, -0.15) is 0 Å². The molecule has 0 N–H and O–H groups in total. The zero-order valence-corrected chi connectivity index (χ0v) is 33.6. The molecule has 0 amide bonds. The summed E-state index contributed by atoms with van der Waals surface area (Å²) >= 11 is 3.62. The van der Waals surface area contributed by atoms with E-state index in [1.807, 2.05) is 11.3 Å². The molecular weight excluding hydrogens is 753 g/mol. The molecule has 0 aliphatic rings. The van der Waals surface area contributed by atoms with Gasteiger partial charge in [-0.15, -0.1) is 22.7 Å². The summed E-state index contributed by atoms with van der Waals surface area (Å²) < 4.78 is 3.79. The molecule has 0 saturated carbocycles. The minimum atomic E-state index is 1.05. The highest BCUT2D eigenvalue weighted by molar-refractivity contribution is 7.26. The Labute approximate surface area is 351 Å². The van der Waals surface area contributed by atoms with Crippen LogP contribution < -0.4 is 4.90 Å². The molecule has 2 nitrogen and oxygen atoms in total. The number of thiazole rings is 1. The van der Waals surface area contributed by atoms with Crippen LogP contribution in [0.25, 0.3) is 85.5 Å². The average Bonchev–Trinajstić information content (AvgIpc) is 3.90. The monoisotopic (exact) mass is 788 g/mol. The molecule has 0 radical (unpaired) electrons. The maximum absolute atomic E-state index is 5.09. The number of hydrogen-bond acceptors (Lipinski definition) is 4. The minimum absolute atomic E-state index is 1.05. The summed E-state index contributed by atoms with van der Waals surface area (Å²) in [6.45, 7) is 0. The molecule has 0 aliphatic carbocycles. The molecule has 9 aromatic carbocycles. The molecule has 0 bridgehead atoms. The smallest absolute Gasteiger partial charge is 0.124 e. The van der Waals surface area contributed by atoms with Gasteiger partial charge in [0.2, 0.25) is 0 Å². The summed E-state index contributed by atoms with van der Waals surface area (Å²) in [7, 11) is 0. The van der Waals surface area contributed by atoms with E-state index in [9.17, 15) is 0 Å². The van der Waals surface area contributed by atoms with Crippen molar-refractivity contribution in [3.63, 3.8) is 0 Å². The Morgan fingerprint density at radius 1 is 0.305 bits per heavy atom. The van der Waals surface area contributed by atoms with Gasteiger partial charge < -0.3 is 4.90 Å². The molecule has 0 saturated heterocycles. The van der Waals surface area contributed by atoms with Crippen LogP contribution in [0.2, 0.25) is 0 Å². The van der Waals surface area contributed by atoms with E-state index in [1.54, 1.807) is 11.3 Å². The second-order valence-electron chi connectivity index (χ2n) is 14.8. The lowest BCUT2D eigenvalue weighted by Crippen LogP contribution is -2.10. The number of benzene rings is 9. The van der Waals surface area contributed by atoms with Gasteiger partial charge in [-0.1, -0.05) is 158 Å². The third-order valence-electron chi connectivity index (χ3n) is 11.1. The SMILES string of the molecule is c1ccc(-c2ccc(N(c3cccc(-c4ccccc4)c3)c3ccc(-c4ccc5sc6cc7sc(-c8ccccc8)nc7cc6c5c4)c(-c4ccccc4)c3)cc2)cc1. The van der Waals surface area contributed by atoms with E-state index < -0.39 is 0 Å². The first-order chi connectivity index (χ1) is 29.2. The lowest BCUT2D eigenvalue weighted by molar-refractivity contribution is 1.28. The van der Waals surface area contributed by atoms with Crippen LogP contribution in [-0.4, -0.2) is 4.98 Å². The fraction of sp³-hybridized carbons (Fsp3) is 0. The van der Waals surface area contributed by atoms with Crippen molar-refractivity contribution in [2.24, 2.45) is 0 Å². The molecule has 0 aliphatic heterocycles. The van der Waals surface area contributed by atoms with Crippen LogP contribution in [-0.2, 0) is 0 Å². The number of hydrogen-bond donors (Lipinski definition) is 0. The van der Waals surface area contributed by atoms with Crippen molar-refractivity contribution in [3.8, 4) is 55.1 Å². The normalized spacial score (nSPS) is 11.4. The Morgan fingerprint density at radius 2 is 0.864 bits per heavy atom. The van der Waals surface area contributed by atoms with Crippen LogP contribution in [0.5, 0.6) is 0 Å². The molecule has 11 rings (SSSR count). The summed E-state index contributed by atoms with van der Waals surface area (Å²) in [5.74, 6) is 0. The Balaban J connectivity index is 1.05. The van der Waals surface area contributed by atoms with Crippen LogP contribution in [0.15, 0.2) is 218 Å². The van der Waals surface area contributed by atoms with Gasteiger partial charge >= 0.3 is 0 Å². The molecular formula is C55H36N2S2. The van der Waals surface area contributed by atoms with Crippen molar-refractivity contribution < 1.29 is 0 Å². The Bertz CT molecular complexity index is 3240. The fourth-order valence-electron chi connectivity index (χ4n) is 8.19. The Kier molecular flexibility index (Phi) is 8.92. The van der Waals surface area contributed by atoms with Crippen LogP contribution >= 0.6 is 22.7 Å². The molecule has 11 aromatic rings. The van der Waals surface area contributed by atoms with Gasteiger partial charge in [-0.3, -0.25) is 0 Å². The van der Waals surface area contributed by atoms with Gasteiger partial charge in [-0.05, 0) is 105 Å². The van der Waals surface area contributed by atoms with Gasteiger partial charge in [0, 0.05) is 42.8 Å². The second kappa shape index (κ2) is 15.0. The zero-order valence-electron chi connectivity index (χ0n) is 32.0. The molecule has 2 aromatic heterocycles. The van der Waals surface area contributed by atoms with E-state index in [0.717, 1.165) is 33.1 Å². The lowest BCUT2D eigenvalue weighted by atomic mass is 9.92. The van der Waals surface area contributed by atoms with Crippen LogP contribution in [0.3, 0.4) is 0 Å². The van der Waals surface area contributed by atoms with E-state index in [0.29, 0.717) is 0 Å². The Hall–Kier alpha value is -7.11. The predicted molar refractivity (Wildman–Crippen MR) is 254 cm³/mol. The van der Waals surface area contributed by atoms with Crippen molar-refractivity contribution in [1.29, 1.82) is 0 Å². The summed E-state index contributed by atoms with van der Waals surface area (Å²) in [5, 5.41) is 3.58. The van der Waals surface area contributed by atoms with Gasteiger partial charge in [0.05, 0.1) is 10.2 Å². The van der Waals surface area contributed by atoms with Crippen molar-refractivity contribution in [3.05, 3.63) is 218 Å². The van der Waals surface area contributed by atoms with E-state index in [1.165, 1.54) is 69.4 Å². The molecule has 4 heteroatoms. The number of rotatable bonds is 8. The third-order valence-corrected chi connectivity index (χ3v) is 13.3. The Morgan fingerprint density at radius 3 is 1.58 bits per heavy atom. The molecule has 278 valence electrons. The minimum Gasteiger partial charge on any atom is -0.310 e. The number of anilines is 3. The summed E-state index contributed by atoms with van der Waals surface area (Å²) in [6, 6.07) is 78.9. The van der Waals surface area contributed by atoms with Crippen LogP contribution in [0.4, 0.5) is 17.1 Å².